The number of hydrogen-bond donors (Lipinski definition) is 0. The third kappa shape index (κ3) is 3.03. The Bertz CT molecular complexity index is 1240. The Labute approximate surface area is 186 Å². The molecule has 3 aromatic rings. The number of halogens is 3. The highest BCUT2D eigenvalue weighted by molar-refractivity contribution is 8.02. The van der Waals surface area contributed by atoms with Crippen LogP contribution >= 0.6 is 23.4 Å². The van der Waals surface area contributed by atoms with E-state index in [1.165, 1.54) is 47.0 Å². The largest absolute Gasteiger partial charge is 0.304 e. The predicted molar refractivity (Wildman–Crippen MR) is 117 cm³/mol. The molecule has 2 aliphatic rings. The van der Waals surface area contributed by atoms with Gasteiger partial charge in [0.2, 0.25) is 10.8 Å². The average molecular weight is 457 g/mol. The first kappa shape index (κ1) is 20.0. The van der Waals surface area contributed by atoms with Crippen LogP contribution in [-0.4, -0.2) is 17.6 Å². The fraction of sp³-hybridized carbons (Fsp3) is 0.130. The van der Waals surface area contributed by atoms with Crippen LogP contribution in [0, 0.1) is 11.6 Å². The molecule has 1 atom stereocenters. The van der Waals surface area contributed by atoms with Gasteiger partial charge in [-0.2, -0.15) is 0 Å². The van der Waals surface area contributed by atoms with E-state index in [1.807, 2.05) is 12.1 Å². The van der Waals surface area contributed by atoms with E-state index in [9.17, 15) is 18.4 Å². The van der Waals surface area contributed by atoms with E-state index in [0.29, 0.717) is 22.5 Å². The molecule has 156 valence electrons. The molecule has 0 aliphatic carbocycles. The van der Waals surface area contributed by atoms with Gasteiger partial charge in [-0.1, -0.05) is 41.9 Å². The second kappa shape index (κ2) is 7.35. The van der Waals surface area contributed by atoms with Crippen molar-refractivity contribution in [3.63, 3.8) is 0 Å². The molecular formula is C23H15ClF2N2O2S. The summed E-state index contributed by atoms with van der Waals surface area (Å²) in [6, 6.07) is 17.3. The third-order valence-electron chi connectivity index (χ3n) is 5.45. The second-order valence-corrected chi connectivity index (χ2v) is 8.87. The number of amides is 2. The monoisotopic (exact) mass is 456 g/mol. The van der Waals surface area contributed by atoms with E-state index in [1.54, 1.807) is 29.2 Å². The van der Waals surface area contributed by atoms with Crippen molar-refractivity contribution in [1.29, 1.82) is 0 Å². The normalized spacial score (nSPS) is 20.1. The zero-order chi connectivity index (χ0) is 21.8. The lowest BCUT2D eigenvalue weighted by molar-refractivity contribution is -0.123. The highest BCUT2D eigenvalue weighted by Crippen LogP contribution is 2.56. The molecule has 1 saturated heterocycles. The highest BCUT2D eigenvalue weighted by Gasteiger charge is 2.60. The van der Waals surface area contributed by atoms with Crippen LogP contribution in [-0.2, 0) is 21.0 Å². The highest BCUT2D eigenvalue weighted by atomic mass is 35.5. The van der Waals surface area contributed by atoms with Gasteiger partial charge in [0.25, 0.3) is 5.91 Å². The minimum absolute atomic E-state index is 0.0862. The molecule has 1 fully saturated rings. The Hall–Kier alpha value is -2.90. The van der Waals surface area contributed by atoms with Gasteiger partial charge in [-0.25, -0.2) is 8.78 Å². The molecule has 0 bridgehead atoms. The number of anilines is 2. The van der Waals surface area contributed by atoms with Crippen molar-refractivity contribution in [1.82, 2.24) is 0 Å². The van der Waals surface area contributed by atoms with Gasteiger partial charge in [-0.05, 0) is 42.0 Å². The molecule has 0 saturated carbocycles. The average Bonchev–Trinajstić information content (AvgIpc) is 3.22. The predicted octanol–water partition coefficient (Wildman–Crippen LogP) is 5.10. The number of carbonyl (C=O) groups is 2. The zero-order valence-electron chi connectivity index (χ0n) is 16.0. The van der Waals surface area contributed by atoms with Gasteiger partial charge in [0.1, 0.15) is 11.6 Å². The number of benzene rings is 3. The fourth-order valence-electron chi connectivity index (χ4n) is 4.15. The molecule has 2 aliphatic heterocycles. The summed E-state index contributed by atoms with van der Waals surface area (Å²) in [5.41, 5.74) is 2.29. The number of fused-ring (bicyclic) bond motifs is 2. The van der Waals surface area contributed by atoms with Crippen molar-refractivity contribution in [2.75, 3.05) is 15.6 Å². The second-order valence-electron chi connectivity index (χ2n) is 7.30. The quantitative estimate of drug-likeness (QED) is 0.550. The van der Waals surface area contributed by atoms with E-state index in [2.05, 4.69) is 0 Å². The summed E-state index contributed by atoms with van der Waals surface area (Å²) in [5, 5.41) is -0.132. The summed E-state index contributed by atoms with van der Waals surface area (Å²) in [6.07, 6.45) is 0. The summed E-state index contributed by atoms with van der Waals surface area (Å²) in [5.74, 6) is -1.49. The summed E-state index contributed by atoms with van der Waals surface area (Å²) >= 11 is 7.19. The molecule has 3 aromatic carbocycles. The maximum Gasteiger partial charge on any atom is 0.269 e. The van der Waals surface area contributed by atoms with Crippen molar-refractivity contribution in [2.24, 2.45) is 0 Å². The van der Waals surface area contributed by atoms with Crippen LogP contribution in [0.1, 0.15) is 11.1 Å². The molecule has 2 heterocycles. The van der Waals surface area contributed by atoms with Crippen molar-refractivity contribution in [3.8, 4) is 0 Å². The SMILES string of the molecule is O=C1CS[C@@]2(C(=O)N(Cc3cccc(F)c3)c3ccccc32)N1c1ccc(F)c(Cl)c1. The minimum Gasteiger partial charge on any atom is -0.304 e. The number of hydrogen-bond acceptors (Lipinski definition) is 3. The van der Waals surface area contributed by atoms with Crippen LogP contribution in [0.2, 0.25) is 5.02 Å². The summed E-state index contributed by atoms with van der Waals surface area (Å²) in [7, 11) is 0. The van der Waals surface area contributed by atoms with Crippen LogP contribution < -0.4 is 9.80 Å². The first-order valence-electron chi connectivity index (χ1n) is 9.50. The van der Waals surface area contributed by atoms with Gasteiger partial charge in [0.15, 0.2) is 0 Å². The van der Waals surface area contributed by atoms with Crippen molar-refractivity contribution in [2.45, 2.75) is 11.4 Å². The van der Waals surface area contributed by atoms with E-state index < -0.39 is 10.7 Å². The Kier molecular flexibility index (Phi) is 4.75. The van der Waals surface area contributed by atoms with Crippen molar-refractivity contribution < 1.29 is 18.4 Å². The molecule has 0 N–H and O–H groups in total. The van der Waals surface area contributed by atoms with Crippen LogP contribution in [0.3, 0.4) is 0 Å². The number of para-hydroxylation sites is 1. The van der Waals surface area contributed by atoms with E-state index in [4.69, 9.17) is 11.6 Å². The maximum atomic E-state index is 13.9. The molecule has 0 unspecified atom stereocenters. The van der Waals surface area contributed by atoms with Crippen LogP contribution in [0.4, 0.5) is 20.2 Å². The molecule has 8 heteroatoms. The first-order chi connectivity index (χ1) is 14.9. The first-order valence-corrected chi connectivity index (χ1v) is 10.9. The lowest BCUT2D eigenvalue weighted by Crippen LogP contribution is -2.49. The van der Waals surface area contributed by atoms with Gasteiger partial charge >= 0.3 is 0 Å². The number of rotatable bonds is 3. The molecule has 5 rings (SSSR count). The zero-order valence-corrected chi connectivity index (χ0v) is 17.6. The van der Waals surface area contributed by atoms with Gasteiger partial charge < -0.3 is 4.90 Å². The molecule has 4 nitrogen and oxygen atoms in total. The molecule has 31 heavy (non-hydrogen) atoms. The lowest BCUT2D eigenvalue weighted by atomic mass is 10.0. The molecule has 0 aromatic heterocycles. The van der Waals surface area contributed by atoms with Gasteiger partial charge in [-0.3, -0.25) is 14.5 Å². The van der Waals surface area contributed by atoms with Crippen molar-refractivity contribution >= 4 is 46.6 Å². The topological polar surface area (TPSA) is 40.6 Å². The Morgan fingerprint density at radius 3 is 2.58 bits per heavy atom. The number of thioether (sulfide) groups is 1. The van der Waals surface area contributed by atoms with Gasteiger partial charge in [-0.15, -0.1) is 11.8 Å². The summed E-state index contributed by atoms with van der Waals surface area (Å²) in [4.78, 5) is 28.4. The van der Waals surface area contributed by atoms with E-state index in [0.717, 1.165) is 0 Å². The third-order valence-corrected chi connectivity index (χ3v) is 7.13. The van der Waals surface area contributed by atoms with E-state index >= 15 is 0 Å². The summed E-state index contributed by atoms with van der Waals surface area (Å²) < 4.78 is 27.5. The molecule has 2 amide bonds. The van der Waals surface area contributed by atoms with Crippen LogP contribution in [0.25, 0.3) is 0 Å². The fourth-order valence-corrected chi connectivity index (χ4v) is 5.69. The number of nitrogens with zero attached hydrogens (tertiary/aromatic N) is 2. The smallest absolute Gasteiger partial charge is 0.269 e. The Morgan fingerprint density at radius 2 is 1.81 bits per heavy atom. The molecular weight excluding hydrogens is 442 g/mol. The van der Waals surface area contributed by atoms with E-state index in [-0.39, 0.29) is 35.0 Å². The number of carbonyl (C=O) groups excluding carboxylic acids is 2. The minimum atomic E-state index is -1.33. The van der Waals surface area contributed by atoms with Crippen LogP contribution in [0.5, 0.6) is 0 Å². The maximum absolute atomic E-state index is 13.9. The summed E-state index contributed by atoms with van der Waals surface area (Å²) in [6.45, 7) is 0.155. The lowest BCUT2D eigenvalue weighted by Gasteiger charge is -2.33. The molecule has 1 spiro atoms. The molecule has 0 radical (unpaired) electrons. The Balaban J connectivity index is 1.65. The van der Waals surface area contributed by atoms with Crippen molar-refractivity contribution in [3.05, 3.63) is 94.5 Å². The van der Waals surface area contributed by atoms with Gasteiger partial charge in [0, 0.05) is 11.3 Å². The van der Waals surface area contributed by atoms with Crippen LogP contribution in [0.15, 0.2) is 66.7 Å². The van der Waals surface area contributed by atoms with Gasteiger partial charge in [0.05, 0.1) is 23.0 Å². The Morgan fingerprint density at radius 1 is 1.00 bits per heavy atom. The standard InChI is InChI=1S/C23H15ClF2N2O2S/c24-18-11-16(8-9-19(18)26)28-21(29)13-31-23(28)17-6-1-2-7-20(17)27(22(23)30)12-14-4-3-5-15(25)10-14/h1-11H,12-13H2/t23-/m0/s1.